The Kier molecular flexibility index (Phi) is 7.43. The van der Waals surface area contributed by atoms with E-state index in [4.69, 9.17) is 11.6 Å². The fraction of sp³-hybridized carbons (Fsp3) is 0.833. The van der Waals surface area contributed by atoms with E-state index in [1.165, 1.54) is 0 Å². The molecule has 0 aliphatic carbocycles. The van der Waals surface area contributed by atoms with Crippen molar-refractivity contribution in [3.63, 3.8) is 0 Å². The Labute approximate surface area is 99.6 Å². The zero-order valence-electron chi connectivity index (χ0n) is 8.44. The fourth-order valence-electron chi connectivity index (χ4n) is 0.896. The molecule has 0 fully saturated rings. The molecular weight excluding hydrogens is 264 g/mol. The van der Waals surface area contributed by atoms with Crippen LogP contribution in [0.2, 0.25) is 0 Å². The predicted octanol–water partition coefficient (Wildman–Crippen LogP) is 0.927. The first-order valence-corrected chi connectivity index (χ1v) is 4.70. The normalized spacial score (nSPS) is 11.4. The summed E-state index contributed by atoms with van der Waals surface area (Å²) in [7, 11) is 0. The van der Waals surface area contributed by atoms with Crippen molar-refractivity contribution in [1.29, 1.82) is 0 Å². The molecule has 0 aliphatic rings. The largest absolute Gasteiger partial charge is 0.454 e. The second kappa shape index (κ2) is 8.33. The van der Waals surface area contributed by atoms with Gasteiger partial charge in [0.1, 0.15) is 12.7 Å². The van der Waals surface area contributed by atoms with Gasteiger partial charge in [-0.25, -0.2) is 4.79 Å². The third-order valence-corrected chi connectivity index (χ3v) is 1.60. The van der Waals surface area contributed by atoms with Gasteiger partial charge in [-0.05, 0) is 12.8 Å². The molecule has 0 rings (SSSR count). The van der Waals surface area contributed by atoms with Gasteiger partial charge >= 0.3 is 5.43 Å². The number of rotatable bonds is 9. The van der Waals surface area contributed by atoms with Crippen molar-refractivity contribution < 1.29 is 29.4 Å². The van der Waals surface area contributed by atoms with Gasteiger partial charge in [-0.2, -0.15) is 0 Å². The zero-order chi connectivity index (χ0) is 13.3. The quantitative estimate of drug-likeness (QED) is 0.262. The average Bonchev–Trinajstić information content (AvgIpc) is 2.19. The summed E-state index contributed by atoms with van der Waals surface area (Å²) >= 11 is 4.87. The lowest BCUT2D eigenvalue weighted by Gasteiger charge is -2.12. The second-order valence-corrected chi connectivity index (χ2v) is 3.01. The highest BCUT2D eigenvalue weighted by Crippen LogP contribution is 2.05. The first-order chi connectivity index (χ1) is 7.91. The summed E-state index contributed by atoms with van der Waals surface area (Å²) in [5, 5.41) is 17.8. The van der Waals surface area contributed by atoms with Crippen LogP contribution in [0.15, 0.2) is 0 Å². The van der Waals surface area contributed by atoms with Crippen LogP contribution >= 0.6 is 11.6 Å². The number of carbonyl (C=O) groups excluding carboxylic acids is 1. The Morgan fingerprint density at radius 2 is 1.94 bits per heavy atom. The number of hydrogen-bond donors (Lipinski definition) is 0. The van der Waals surface area contributed by atoms with Gasteiger partial charge < -0.3 is 14.4 Å². The van der Waals surface area contributed by atoms with Gasteiger partial charge in [0, 0.05) is 11.6 Å². The lowest BCUT2D eigenvalue weighted by Crippen LogP contribution is -2.25. The smallest absolute Gasteiger partial charge is 0.403 e. The standard InChI is InChI=1S/C6H9ClN2O8/c7-6(10)15-3-1-2-5(17-9(13)14)4-16-8(11)12/h5H,1-4H2. The molecule has 0 heterocycles. The summed E-state index contributed by atoms with van der Waals surface area (Å²) < 4.78 is 4.35. The van der Waals surface area contributed by atoms with E-state index in [2.05, 4.69) is 14.4 Å². The lowest BCUT2D eigenvalue weighted by atomic mass is 10.2. The maximum absolute atomic E-state index is 10.2. The molecule has 0 aliphatic heterocycles. The SMILES string of the molecule is O=C(Cl)OCCCC(CO[N+](=O)[O-])O[N+](=O)[O-]. The Bertz CT molecular complexity index is 285. The van der Waals surface area contributed by atoms with E-state index < -0.39 is 28.3 Å². The van der Waals surface area contributed by atoms with Crippen LogP contribution in [0.1, 0.15) is 12.8 Å². The van der Waals surface area contributed by atoms with Crippen LogP contribution in [0.25, 0.3) is 0 Å². The molecular formula is C6H9ClN2O8. The molecule has 0 amide bonds. The van der Waals surface area contributed by atoms with Gasteiger partial charge in [-0.1, -0.05) is 0 Å². The topological polar surface area (TPSA) is 131 Å². The molecule has 0 aromatic carbocycles. The van der Waals surface area contributed by atoms with E-state index in [0.29, 0.717) is 0 Å². The van der Waals surface area contributed by atoms with Crippen LogP contribution < -0.4 is 0 Å². The maximum atomic E-state index is 10.2. The van der Waals surface area contributed by atoms with E-state index in [1.807, 2.05) is 0 Å². The highest BCUT2D eigenvalue weighted by Gasteiger charge is 2.15. The molecule has 17 heavy (non-hydrogen) atoms. The molecule has 98 valence electrons. The van der Waals surface area contributed by atoms with Crippen molar-refractivity contribution in [2.45, 2.75) is 18.9 Å². The van der Waals surface area contributed by atoms with Gasteiger partial charge in [-0.3, -0.25) is 0 Å². The Morgan fingerprint density at radius 3 is 2.41 bits per heavy atom. The number of carbonyl (C=O) groups is 1. The number of halogens is 1. The number of hydrogen-bond acceptors (Lipinski definition) is 8. The molecule has 0 saturated heterocycles. The van der Waals surface area contributed by atoms with Crippen molar-refractivity contribution in [3.05, 3.63) is 20.2 Å². The fourth-order valence-corrected chi connectivity index (χ4v) is 0.973. The van der Waals surface area contributed by atoms with Crippen molar-refractivity contribution >= 4 is 17.0 Å². The Morgan fingerprint density at radius 1 is 1.29 bits per heavy atom. The average molecular weight is 273 g/mol. The molecule has 0 aromatic heterocycles. The third kappa shape index (κ3) is 10.4. The van der Waals surface area contributed by atoms with Crippen molar-refractivity contribution in [2.75, 3.05) is 13.2 Å². The van der Waals surface area contributed by atoms with Gasteiger partial charge in [0.15, 0.2) is 0 Å². The predicted molar refractivity (Wildman–Crippen MR) is 51.2 cm³/mol. The van der Waals surface area contributed by atoms with Crippen LogP contribution in [-0.4, -0.2) is 34.9 Å². The lowest BCUT2D eigenvalue weighted by molar-refractivity contribution is -0.790. The molecule has 0 bridgehead atoms. The summed E-state index contributed by atoms with van der Waals surface area (Å²) in [5.41, 5.74) is -1.00. The minimum absolute atomic E-state index is 0.0407. The Balaban J connectivity index is 3.88. The van der Waals surface area contributed by atoms with E-state index in [-0.39, 0.29) is 19.4 Å². The summed E-state index contributed by atoms with van der Waals surface area (Å²) in [6.07, 6.45) is -0.874. The van der Waals surface area contributed by atoms with Gasteiger partial charge in [0.2, 0.25) is 0 Å². The molecule has 1 unspecified atom stereocenters. The summed E-state index contributed by atoms with van der Waals surface area (Å²) in [5.74, 6) is 0. The summed E-state index contributed by atoms with van der Waals surface area (Å²) in [6.45, 7) is -0.652. The Hall–Kier alpha value is -1.84. The highest BCUT2D eigenvalue weighted by atomic mass is 35.5. The van der Waals surface area contributed by atoms with Gasteiger partial charge in [0.05, 0.1) is 6.61 Å². The van der Waals surface area contributed by atoms with Crippen LogP contribution in [0.4, 0.5) is 4.79 Å². The molecule has 0 spiro atoms. The first kappa shape index (κ1) is 15.2. The molecule has 11 heteroatoms. The molecule has 0 radical (unpaired) electrons. The van der Waals surface area contributed by atoms with Crippen molar-refractivity contribution in [1.82, 2.24) is 0 Å². The highest BCUT2D eigenvalue weighted by molar-refractivity contribution is 6.61. The van der Waals surface area contributed by atoms with E-state index in [9.17, 15) is 25.0 Å². The molecule has 0 N–H and O–H groups in total. The van der Waals surface area contributed by atoms with Crippen LogP contribution in [0.5, 0.6) is 0 Å². The van der Waals surface area contributed by atoms with Gasteiger partial charge in [0.25, 0.3) is 10.2 Å². The number of nitrogens with zero attached hydrogens (tertiary/aromatic N) is 2. The van der Waals surface area contributed by atoms with E-state index in [0.717, 1.165) is 0 Å². The van der Waals surface area contributed by atoms with Crippen molar-refractivity contribution in [2.24, 2.45) is 0 Å². The van der Waals surface area contributed by atoms with E-state index >= 15 is 0 Å². The van der Waals surface area contributed by atoms with Crippen LogP contribution in [0.3, 0.4) is 0 Å². The van der Waals surface area contributed by atoms with Gasteiger partial charge in [-0.15, -0.1) is 20.2 Å². The minimum atomic E-state index is -1.11. The molecule has 0 aromatic rings. The maximum Gasteiger partial charge on any atom is 0.403 e. The van der Waals surface area contributed by atoms with Crippen molar-refractivity contribution in [3.8, 4) is 0 Å². The minimum Gasteiger partial charge on any atom is -0.454 e. The monoisotopic (exact) mass is 272 g/mol. The zero-order valence-corrected chi connectivity index (χ0v) is 9.20. The molecule has 0 saturated carbocycles. The van der Waals surface area contributed by atoms with E-state index in [1.54, 1.807) is 0 Å². The van der Waals surface area contributed by atoms with Crippen LogP contribution in [-0.2, 0) is 14.4 Å². The first-order valence-electron chi connectivity index (χ1n) is 4.32. The number of ether oxygens (including phenoxy) is 1. The third-order valence-electron chi connectivity index (χ3n) is 1.49. The molecule has 10 nitrogen and oxygen atoms in total. The summed E-state index contributed by atoms with van der Waals surface area (Å²) in [6, 6.07) is 0. The summed E-state index contributed by atoms with van der Waals surface area (Å²) in [4.78, 5) is 38.2. The second-order valence-electron chi connectivity index (χ2n) is 2.70. The van der Waals surface area contributed by atoms with Crippen LogP contribution in [0, 0.1) is 20.2 Å². The molecule has 1 atom stereocenters.